The third kappa shape index (κ3) is 3.55. The Morgan fingerprint density at radius 1 is 0.964 bits per heavy atom. The Balaban J connectivity index is 1.48. The number of nitrogens with two attached hydrogens (primary N) is 1. The Hall–Kier alpha value is -3.35. The first kappa shape index (κ1) is 18.0. The molecule has 0 aliphatic carbocycles. The topological polar surface area (TPSA) is 80.3 Å². The molecule has 2 heterocycles. The molecule has 1 amide bonds. The number of nitrogen functional groups attached to an aromatic ring is 1. The fourth-order valence-electron chi connectivity index (χ4n) is 3.56. The molecule has 4 rings (SSSR count). The van der Waals surface area contributed by atoms with Crippen molar-refractivity contribution in [2.75, 3.05) is 36.8 Å². The van der Waals surface area contributed by atoms with Crippen molar-refractivity contribution >= 4 is 17.3 Å². The van der Waals surface area contributed by atoms with E-state index in [4.69, 9.17) is 5.73 Å². The molecule has 0 radical (unpaired) electrons. The van der Waals surface area contributed by atoms with Gasteiger partial charge in [-0.1, -0.05) is 19.1 Å². The van der Waals surface area contributed by atoms with E-state index in [1.807, 2.05) is 51.9 Å². The summed E-state index contributed by atoms with van der Waals surface area (Å²) in [6.45, 7) is 5.00. The van der Waals surface area contributed by atoms with Crippen molar-refractivity contribution in [1.82, 2.24) is 19.7 Å². The van der Waals surface area contributed by atoms with E-state index >= 15 is 0 Å². The van der Waals surface area contributed by atoms with E-state index in [2.05, 4.69) is 22.0 Å². The van der Waals surface area contributed by atoms with Gasteiger partial charge in [-0.05, 0) is 42.3 Å². The van der Waals surface area contributed by atoms with Crippen LogP contribution in [0.1, 0.15) is 22.8 Å². The molecule has 1 aromatic heterocycles. The molecule has 0 atom stereocenters. The monoisotopic (exact) mass is 376 g/mol. The zero-order valence-corrected chi connectivity index (χ0v) is 16.0. The lowest BCUT2D eigenvalue weighted by molar-refractivity contribution is 0.0747. The number of piperazine rings is 1. The largest absolute Gasteiger partial charge is 0.399 e. The van der Waals surface area contributed by atoms with Gasteiger partial charge < -0.3 is 15.5 Å². The molecule has 2 N–H and O–H groups in total. The number of hydrogen-bond acceptors (Lipinski definition) is 5. The van der Waals surface area contributed by atoms with Crippen LogP contribution < -0.4 is 10.6 Å². The second kappa shape index (κ2) is 7.72. The predicted molar refractivity (Wildman–Crippen MR) is 110 cm³/mol. The van der Waals surface area contributed by atoms with Gasteiger partial charge in [0.2, 0.25) is 0 Å². The summed E-state index contributed by atoms with van der Waals surface area (Å²) >= 11 is 0. The molecule has 0 spiro atoms. The Morgan fingerprint density at radius 3 is 2.29 bits per heavy atom. The maximum absolute atomic E-state index is 12.8. The van der Waals surface area contributed by atoms with Gasteiger partial charge in [0.1, 0.15) is 12.7 Å². The SMILES string of the molecule is CCc1ccc(C(=O)N2CCN(c3ccc(N)cc3-n3cnnc3)CC2)cc1. The standard InChI is InChI=1S/C21H24N6O/c1-2-16-3-5-17(6-4-16)21(28)26-11-9-25(10-12-26)19-8-7-18(22)13-20(19)27-14-23-24-15-27/h3-8,13-15H,2,9-12,22H2,1H3. The summed E-state index contributed by atoms with van der Waals surface area (Å²) in [6, 6.07) is 13.8. The predicted octanol–water partition coefficient (Wildman–Crippen LogP) is 2.37. The van der Waals surface area contributed by atoms with Gasteiger partial charge in [0.05, 0.1) is 11.4 Å². The summed E-state index contributed by atoms with van der Waals surface area (Å²) in [5, 5.41) is 7.79. The molecular weight excluding hydrogens is 352 g/mol. The van der Waals surface area contributed by atoms with Crippen LogP contribution in [0.2, 0.25) is 0 Å². The van der Waals surface area contributed by atoms with Crippen LogP contribution >= 0.6 is 0 Å². The van der Waals surface area contributed by atoms with Crippen LogP contribution in [-0.4, -0.2) is 51.8 Å². The second-order valence-corrected chi connectivity index (χ2v) is 6.95. The number of amides is 1. The van der Waals surface area contributed by atoms with E-state index in [9.17, 15) is 4.79 Å². The molecule has 7 heteroatoms. The maximum Gasteiger partial charge on any atom is 0.253 e. The number of hydrogen-bond donors (Lipinski definition) is 1. The number of carbonyl (C=O) groups excluding carboxylic acids is 1. The molecule has 1 fully saturated rings. The van der Waals surface area contributed by atoms with E-state index in [1.54, 1.807) is 12.7 Å². The number of nitrogens with zero attached hydrogens (tertiary/aromatic N) is 5. The van der Waals surface area contributed by atoms with E-state index in [0.29, 0.717) is 18.8 Å². The first-order chi connectivity index (χ1) is 13.7. The molecule has 7 nitrogen and oxygen atoms in total. The van der Waals surface area contributed by atoms with Gasteiger partial charge in [0.25, 0.3) is 5.91 Å². The molecule has 1 saturated heterocycles. The number of aryl methyl sites for hydroxylation is 1. The Kier molecular flexibility index (Phi) is 4.97. The van der Waals surface area contributed by atoms with E-state index in [1.165, 1.54) is 5.56 Å². The van der Waals surface area contributed by atoms with Crippen molar-refractivity contribution in [3.63, 3.8) is 0 Å². The highest BCUT2D eigenvalue weighted by atomic mass is 16.2. The lowest BCUT2D eigenvalue weighted by Gasteiger charge is -2.37. The lowest BCUT2D eigenvalue weighted by atomic mass is 10.1. The molecule has 0 bridgehead atoms. The van der Waals surface area contributed by atoms with Gasteiger partial charge in [-0.15, -0.1) is 10.2 Å². The summed E-state index contributed by atoms with van der Waals surface area (Å²) in [4.78, 5) is 17.0. The van der Waals surface area contributed by atoms with Gasteiger partial charge in [-0.25, -0.2) is 0 Å². The van der Waals surface area contributed by atoms with Crippen LogP contribution in [-0.2, 0) is 6.42 Å². The Morgan fingerprint density at radius 2 is 1.64 bits per heavy atom. The average Bonchev–Trinajstić information content (AvgIpc) is 3.28. The average molecular weight is 376 g/mol. The quantitative estimate of drug-likeness (QED) is 0.707. The highest BCUT2D eigenvalue weighted by Crippen LogP contribution is 2.27. The number of carbonyl (C=O) groups is 1. The minimum Gasteiger partial charge on any atom is -0.399 e. The van der Waals surface area contributed by atoms with Crippen LogP contribution in [0, 0.1) is 0 Å². The zero-order valence-electron chi connectivity index (χ0n) is 16.0. The minimum atomic E-state index is 0.0960. The summed E-state index contributed by atoms with van der Waals surface area (Å²) < 4.78 is 1.86. The third-order valence-corrected chi connectivity index (χ3v) is 5.21. The van der Waals surface area contributed by atoms with Crippen molar-refractivity contribution in [2.24, 2.45) is 0 Å². The first-order valence-electron chi connectivity index (χ1n) is 9.53. The molecule has 28 heavy (non-hydrogen) atoms. The molecule has 144 valence electrons. The van der Waals surface area contributed by atoms with Gasteiger partial charge in [-0.3, -0.25) is 9.36 Å². The molecule has 1 aliphatic heterocycles. The van der Waals surface area contributed by atoms with Crippen molar-refractivity contribution in [2.45, 2.75) is 13.3 Å². The molecule has 0 unspecified atom stereocenters. The summed E-state index contributed by atoms with van der Waals surface area (Å²) in [7, 11) is 0. The molecule has 1 aliphatic rings. The van der Waals surface area contributed by atoms with Crippen molar-refractivity contribution < 1.29 is 4.79 Å². The van der Waals surface area contributed by atoms with Crippen LogP contribution in [0.4, 0.5) is 11.4 Å². The number of anilines is 2. The lowest BCUT2D eigenvalue weighted by Crippen LogP contribution is -2.49. The smallest absolute Gasteiger partial charge is 0.253 e. The van der Waals surface area contributed by atoms with E-state index in [0.717, 1.165) is 36.4 Å². The van der Waals surface area contributed by atoms with Gasteiger partial charge in [-0.2, -0.15) is 0 Å². The first-order valence-corrected chi connectivity index (χ1v) is 9.53. The molecule has 2 aromatic carbocycles. The Labute approximate surface area is 164 Å². The fourth-order valence-corrected chi connectivity index (χ4v) is 3.56. The normalized spacial score (nSPS) is 14.3. The van der Waals surface area contributed by atoms with Crippen LogP contribution in [0.5, 0.6) is 0 Å². The third-order valence-electron chi connectivity index (χ3n) is 5.21. The molecule has 0 saturated carbocycles. The van der Waals surface area contributed by atoms with Gasteiger partial charge >= 0.3 is 0 Å². The number of rotatable bonds is 4. The van der Waals surface area contributed by atoms with Crippen molar-refractivity contribution in [3.05, 3.63) is 66.2 Å². The Bertz CT molecular complexity index is 944. The minimum absolute atomic E-state index is 0.0960. The highest BCUT2D eigenvalue weighted by molar-refractivity contribution is 5.94. The van der Waals surface area contributed by atoms with E-state index < -0.39 is 0 Å². The van der Waals surface area contributed by atoms with E-state index in [-0.39, 0.29) is 5.91 Å². The number of aromatic nitrogens is 3. The van der Waals surface area contributed by atoms with Crippen molar-refractivity contribution in [3.8, 4) is 5.69 Å². The molecular formula is C21H24N6O. The summed E-state index contributed by atoms with van der Waals surface area (Å²) in [5.74, 6) is 0.0960. The number of benzene rings is 2. The van der Waals surface area contributed by atoms with Crippen molar-refractivity contribution in [1.29, 1.82) is 0 Å². The fraction of sp³-hybridized carbons (Fsp3) is 0.286. The molecule has 3 aromatic rings. The van der Waals surface area contributed by atoms with Crippen LogP contribution in [0.3, 0.4) is 0 Å². The zero-order chi connectivity index (χ0) is 19.5. The second-order valence-electron chi connectivity index (χ2n) is 6.95. The van der Waals surface area contributed by atoms with Gasteiger partial charge in [0, 0.05) is 37.4 Å². The highest BCUT2D eigenvalue weighted by Gasteiger charge is 2.24. The summed E-state index contributed by atoms with van der Waals surface area (Å²) in [5.41, 5.74) is 10.7. The maximum atomic E-state index is 12.8. The van der Waals surface area contributed by atoms with Crippen LogP contribution in [0.15, 0.2) is 55.1 Å². The van der Waals surface area contributed by atoms with Crippen LogP contribution in [0.25, 0.3) is 5.69 Å². The van der Waals surface area contributed by atoms with Gasteiger partial charge in [0.15, 0.2) is 0 Å². The summed E-state index contributed by atoms with van der Waals surface area (Å²) in [6.07, 6.45) is 4.31.